The zero-order chi connectivity index (χ0) is 8.97. The Morgan fingerprint density at radius 2 is 2.33 bits per heavy atom. The second-order valence-corrected chi connectivity index (χ2v) is 2.02. The van der Waals surface area contributed by atoms with Crippen LogP contribution in [0.15, 0.2) is 18.5 Å². The Hall–Kier alpha value is -1.62. The van der Waals surface area contributed by atoms with Crippen LogP contribution in [-0.2, 0) is 4.84 Å². The number of nitrogens with zero attached hydrogens (tertiary/aromatic N) is 1. The molecule has 12 heavy (non-hydrogen) atoms. The maximum absolute atomic E-state index is 10.8. The van der Waals surface area contributed by atoms with Crippen molar-refractivity contribution in [3.05, 3.63) is 24.0 Å². The summed E-state index contributed by atoms with van der Waals surface area (Å²) in [5.74, 6) is 4.52. The van der Waals surface area contributed by atoms with Gasteiger partial charge in [0.1, 0.15) is 5.75 Å². The molecule has 5 nitrogen and oxygen atoms in total. The highest BCUT2D eigenvalue weighted by atomic mass is 16.7. The summed E-state index contributed by atoms with van der Waals surface area (Å²) in [5.41, 5.74) is 0.261. The van der Waals surface area contributed by atoms with Crippen LogP contribution in [0, 0.1) is 0 Å². The minimum absolute atomic E-state index is 0.261. The van der Waals surface area contributed by atoms with Crippen molar-refractivity contribution < 1.29 is 14.4 Å². The lowest BCUT2D eigenvalue weighted by molar-refractivity contribution is 0.0502. The Morgan fingerprint density at radius 1 is 1.58 bits per heavy atom. The summed E-state index contributed by atoms with van der Waals surface area (Å²) in [4.78, 5) is 18.6. The van der Waals surface area contributed by atoms with Crippen molar-refractivity contribution in [2.75, 3.05) is 7.11 Å². The zero-order valence-electron chi connectivity index (χ0n) is 6.48. The monoisotopic (exact) mass is 168 g/mol. The predicted molar refractivity (Wildman–Crippen MR) is 40.4 cm³/mol. The first kappa shape index (κ1) is 8.48. The lowest BCUT2D eigenvalue weighted by Gasteiger charge is -2.00. The van der Waals surface area contributed by atoms with E-state index in [9.17, 15) is 4.79 Å². The fourth-order valence-electron chi connectivity index (χ4n) is 0.710. The van der Waals surface area contributed by atoms with Crippen LogP contribution in [0.2, 0.25) is 0 Å². The summed E-state index contributed by atoms with van der Waals surface area (Å²) in [5, 5.41) is 0. The third-order valence-electron chi connectivity index (χ3n) is 1.29. The zero-order valence-corrected chi connectivity index (χ0v) is 6.48. The van der Waals surface area contributed by atoms with E-state index in [0.717, 1.165) is 0 Å². The molecule has 0 atom stereocenters. The van der Waals surface area contributed by atoms with Crippen molar-refractivity contribution in [1.29, 1.82) is 0 Å². The van der Waals surface area contributed by atoms with E-state index in [4.69, 9.17) is 4.74 Å². The Labute approximate surface area is 69.1 Å². The number of rotatable bonds is 2. The van der Waals surface area contributed by atoms with Gasteiger partial charge >= 0.3 is 5.97 Å². The van der Waals surface area contributed by atoms with E-state index in [0.29, 0.717) is 5.75 Å². The first-order chi connectivity index (χ1) is 5.77. The van der Waals surface area contributed by atoms with Gasteiger partial charge in [-0.25, -0.2) is 4.79 Å². The molecule has 0 saturated heterocycles. The van der Waals surface area contributed by atoms with E-state index in [2.05, 4.69) is 15.7 Å². The Morgan fingerprint density at radius 3 is 2.92 bits per heavy atom. The molecule has 1 rings (SSSR count). The second-order valence-electron chi connectivity index (χ2n) is 2.02. The van der Waals surface area contributed by atoms with Gasteiger partial charge in [0.05, 0.1) is 18.9 Å². The molecule has 1 aromatic rings. The summed E-state index contributed by atoms with van der Waals surface area (Å²) in [6.45, 7) is 0. The number of methoxy groups -OCH3 is 1. The number of carbonyl (C=O) groups excluding carboxylic acids is 1. The molecular weight excluding hydrogens is 160 g/mol. The smallest absolute Gasteiger partial charge is 0.358 e. The maximum atomic E-state index is 10.8. The highest BCUT2D eigenvalue weighted by Gasteiger charge is 2.06. The van der Waals surface area contributed by atoms with E-state index in [1.165, 1.54) is 25.6 Å². The molecule has 0 aliphatic heterocycles. The van der Waals surface area contributed by atoms with Crippen LogP contribution >= 0.6 is 0 Å². The number of ether oxygens (including phenoxy) is 1. The van der Waals surface area contributed by atoms with Gasteiger partial charge < -0.3 is 9.57 Å². The number of hydrogen-bond acceptors (Lipinski definition) is 5. The number of hydrogen-bond donors (Lipinski definition) is 1. The quantitative estimate of drug-likeness (QED) is 0.635. The van der Waals surface area contributed by atoms with E-state index in [-0.39, 0.29) is 5.56 Å². The van der Waals surface area contributed by atoms with Crippen LogP contribution in [0.3, 0.4) is 0 Å². The first-order valence-electron chi connectivity index (χ1n) is 3.18. The molecule has 0 aliphatic carbocycles. The van der Waals surface area contributed by atoms with Gasteiger partial charge in [-0.15, -0.1) is 0 Å². The summed E-state index contributed by atoms with van der Waals surface area (Å²) < 4.78 is 4.84. The third kappa shape index (κ3) is 1.70. The van der Waals surface area contributed by atoms with Gasteiger partial charge in [-0.05, 0) is 6.07 Å². The van der Waals surface area contributed by atoms with Gasteiger partial charge in [-0.1, -0.05) is 0 Å². The van der Waals surface area contributed by atoms with Crippen molar-refractivity contribution in [2.24, 2.45) is 5.90 Å². The van der Waals surface area contributed by atoms with Crippen molar-refractivity contribution in [3.63, 3.8) is 0 Å². The molecule has 0 radical (unpaired) electrons. The molecule has 1 aromatic heterocycles. The van der Waals surface area contributed by atoms with Crippen LogP contribution in [0.25, 0.3) is 0 Å². The van der Waals surface area contributed by atoms with Crippen molar-refractivity contribution in [2.45, 2.75) is 0 Å². The van der Waals surface area contributed by atoms with Gasteiger partial charge in [0.2, 0.25) is 0 Å². The van der Waals surface area contributed by atoms with Crippen LogP contribution in [-0.4, -0.2) is 18.1 Å². The SMILES string of the molecule is COc1cncc(C(=O)ON)c1. The minimum atomic E-state index is -0.638. The molecule has 64 valence electrons. The number of nitrogens with two attached hydrogens (primary N) is 1. The van der Waals surface area contributed by atoms with Crippen LogP contribution in [0.4, 0.5) is 0 Å². The van der Waals surface area contributed by atoms with Crippen LogP contribution in [0.5, 0.6) is 5.75 Å². The topological polar surface area (TPSA) is 74.4 Å². The molecule has 0 aromatic carbocycles. The normalized spacial score (nSPS) is 9.17. The van der Waals surface area contributed by atoms with Gasteiger partial charge in [0.15, 0.2) is 0 Å². The molecule has 0 aliphatic rings. The van der Waals surface area contributed by atoms with Crippen LogP contribution in [0.1, 0.15) is 10.4 Å². The summed E-state index contributed by atoms with van der Waals surface area (Å²) in [6.07, 6.45) is 2.82. The van der Waals surface area contributed by atoms with E-state index in [1.54, 1.807) is 0 Å². The van der Waals surface area contributed by atoms with Gasteiger partial charge in [0, 0.05) is 6.20 Å². The van der Waals surface area contributed by atoms with Crippen molar-refractivity contribution in [3.8, 4) is 5.75 Å². The van der Waals surface area contributed by atoms with E-state index in [1.807, 2.05) is 0 Å². The molecule has 5 heteroatoms. The van der Waals surface area contributed by atoms with Crippen molar-refractivity contribution in [1.82, 2.24) is 4.98 Å². The summed E-state index contributed by atoms with van der Waals surface area (Å²) >= 11 is 0. The summed E-state index contributed by atoms with van der Waals surface area (Å²) in [6, 6.07) is 1.49. The fourth-order valence-corrected chi connectivity index (χ4v) is 0.710. The molecular formula is C7H8N2O3. The number of carbonyl (C=O) groups is 1. The average molecular weight is 168 g/mol. The first-order valence-corrected chi connectivity index (χ1v) is 3.18. The maximum Gasteiger partial charge on any atom is 0.358 e. The second kappa shape index (κ2) is 3.68. The Kier molecular flexibility index (Phi) is 2.60. The Bertz CT molecular complexity index is 288. The fraction of sp³-hybridized carbons (Fsp3) is 0.143. The molecule has 0 unspecified atom stereocenters. The molecule has 1 heterocycles. The molecule has 0 spiro atoms. The molecule has 0 saturated carbocycles. The standard InChI is InChI=1S/C7H8N2O3/c1-11-6-2-5(3-9-4-6)7(10)12-8/h2-4H,8H2,1H3. The molecule has 2 N–H and O–H groups in total. The molecule has 0 fully saturated rings. The number of aromatic nitrogens is 1. The van der Waals surface area contributed by atoms with Crippen molar-refractivity contribution >= 4 is 5.97 Å². The number of pyridine rings is 1. The largest absolute Gasteiger partial charge is 0.495 e. The average Bonchev–Trinajstić information content (AvgIpc) is 2.17. The third-order valence-corrected chi connectivity index (χ3v) is 1.29. The lowest BCUT2D eigenvalue weighted by atomic mass is 10.3. The lowest BCUT2D eigenvalue weighted by Crippen LogP contribution is -2.10. The predicted octanol–water partition coefficient (Wildman–Crippen LogP) is 0.121. The van der Waals surface area contributed by atoms with E-state index < -0.39 is 5.97 Å². The van der Waals surface area contributed by atoms with Gasteiger partial charge in [0.25, 0.3) is 0 Å². The van der Waals surface area contributed by atoms with Gasteiger partial charge in [-0.2, -0.15) is 5.90 Å². The van der Waals surface area contributed by atoms with E-state index >= 15 is 0 Å². The highest BCUT2D eigenvalue weighted by Crippen LogP contribution is 2.10. The van der Waals surface area contributed by atoms with Crippen LogP contribution < -0.4 is 10.6 Å². The molecule has 0 amide bonds. The molecule has 0 bridgehead atoms. The Balaban J connectivity index is 2.93. The highest BCUT2D eigenvalue weighted by molar-refractivity contribution is 5.89. The summed E-state index contributed by atoms with van der Waals surface area (Å²) in [7, 11) is 1.48. The minimum Gasteiger partial charge on any atom is -0.495 e. The van der Waals surface area contributed by atoms with Gasteiger partial charge in [-0.3, -0.25) is 4.98 Å².